The number of hydrogen-bond acceptors (Lipinski definition) is 9. The number of halogens is 1. The number of aromatic nitrogens is 4. The van der Waals surface area contributed by atoms with Crippen LogP contribution in [0.5, 0.6) is 0 Å². The van der Waals surface area contributed by atoms with Crippen LogP contribution in [0.25, 0.3) is 22.6 Å². The minimum atomic E-state index is 0.262. The zero-order chi connectivity index (χ0) is 22.8. The number of fused-ring (bicyclic) bond motifs is 1. The van der Waals surface area contributed by atoms with Gasteiger partial charge in [0.2, 0.25) is 11.3 Å². The lowest BCUT2D eigenvalue weighted by atomic mass is 10.1. The van der Waals surface area contributed by atoms with Gasteiger partial charge in [-0.25, -0.2) is 9.61 Å². The van der Waals surface area contributed by atoms with Crippen molar-refractivity contribution in [1.29, 1.82) is 0 Å². The van der Waals surface area contributed by atoms with Crippen molar-refractivity contribution >= 4 is 46.4 Å². The summed E-state index contributed by atoms with van der Waals surface area (Å²) in [4.78, 5) is 8.88. The summed E-state index contributed by atoms with van der Waals surface area (Å²) in [7, 11) is 0. The second kappa shape index (κ2) is 8.71. The second-order valence-electron chi connectivity index (χ2n) is 7.26. The summed E-state index contributed by atoms with van der Waals surface area (Å²) >= 11 is 6.25. The van der Waals surface area contributed by atoms with E-state index in [4.69, 9.17) is 20.6 Å². The number of benzene rings is 2. The van der Waals surface area contributed by atoms with Gasteiger partial charge < -0.3 is 9.73 Å². The smallest absolute Gasteiger partial charge is 0.245 e. The van der Waals surface area contributed by atoms with Crippen molar-refractivity contribution in [3.63, 3.8) is 0 Å². The summed E-state index contributed by atoms with van der Waals surface area (Å²) in [5.41, 5.74) is 7.38. The number of hydrogen-bond donors (Lipinski definition) is 2. The van der Waals surface area contributed by atoms with Crippen LogP contribution in [0.3, 0.4) is 0 Å². The average Bonchev–Trinajstić information content (AvgIpc) is 3.46. The van der Waals surface area contributed by atoms with Crippen molar-refractivity contribution in [2.24, 2.45) is 5.10 Å². The number of nitrogens with zero attached hydrogens (tertiary/aromatic N) is 5. The Kier molecular flexibility index (Phi) is 5.45. The zero-order valence-electron chi connectivity index (χ0n) is 17.7. The van der Waals surface area contributed by atoms with Gasteiger partial charge in [0, 0.05) is 11.3 Å². The maximum absolute atomic E-state index is 6.25. The van der Waals surface area contributed by atoms with Gasteiger partial charge in [0.1, 0.15) is 11.5 Å². The van der Waals surface area contributed by atoms with Crippen molar-refractivity contribution in [3.8, 4) is 11.3 Å². The molecule has 3 heterocycles. The van der Waals surface area contributed by atoms with Crippen LogP contribution < -0.4 is 10.7 Å². The molecule has 0 aliphatic rings. The fourth-order valence-electron chi connectivity index (χ4n) is 3.20. The number of rotatable bonds is 6. The summed E-state index contributed by atoms with van der Waals surface area (Å²) < 4.78 is 10.6. The Labute approximate surface area is 193 Å². The Hall–Kier alpha value is -4.24. The molecule has 2 aromatic carbocycles. The van der Waals surface area contributed by atoms with E-state index in [1.165, 1.54) is 6.21 Å². The summed E-state index contributed by atoms with van der Waals surface area (Å²) in [6.45, 7) is 4.07. The van der Waals surface area contributed by atoms with Crippen LogP contribution in [0.1, 0.15) is 16.9 Å². The topological polar surface area (TPSA) is 114 Å². The van der Waals surface area contributed by atoms with Crippen LogP contribution in [-0.4, -0.2) is 26.5 Å². The van der Waals surface area contributed by atoms with Crippen LogP contribution in [0.2, 0.25) is 5.02 Å². The largest absolute Gasteiger partial charge is 0.455 e. The Morgan fingerprint density at radius 2 is 1.70 bits per heavy atom. The third-order valence-electron chi connectivity index (χ3n) is 5.10. The van der Waals surface area contributed by atoms with E-state index < -0.39 is 0 Å². The maximum atomic E-state index is 6.25. The molecule has 0 bridgehead atoms. The molecule has 5 rings (SSSR count). The van der Waals surface area contributed by atoms with E-state index >= 15 is 0 Å². The predicted octanol–water partition coefficient (Wildman–Crippen LogP) is 5.73. The first kappa shape index (κ1) is 20.7. The van der Waals surface area contributed by atoms with Crippen molar-refractivity contribution in [2.45, 2.75) is 13.8 Å². The molecule has 33 heavy (non-hydrogen) atoms. The van der Waals surface area contributed by atoms with E-state index in [2.05, 4.69) is 36.1 Å². The highest BCUT2D eigenvalue weighted by molar-refractivity contribution is 6.33. The number of anilines is 3. The van der Waals surface area contributed by atoms with Crippen molar-refractivity contribution in [1.82, 2.24) is 20.3 Å². The fourth-order valence-corrected chi connectivity index (χ4v) is 3.43. The SMILES string of the molecule is Cc1cccc(Nc2nc3nonc3nc2NN=Cc2ccc(-c3ccccc3Cl)o2)c1C. The Morgan fingerprint density at radius 3 is 2.52 bits per heavy atom. The first-order valence-electron chi connectivity index (χ1n) is 10.1. The molecular formula is C23H18ClN7O2. The Morgan fingerprint density at radius 1 is 0.909 bits per heavy atom. The molecule has 164 valence electrons. The van der Waals surface area contributed by atoms with E-state index in [0.29, 0.717) is 28.2 Å². The number of furan rings is 1. The standard InChI is InChI=1S/C23H18ClN7O2/c1-13-6-5-9-18(14(13)2)26-20-21(28-23-22(27-20)30-33-31-23)29-25-12-15-10-11-19(32-15)16-7-3-4-8-17(16)24/h3-12H,1-2H3,(H,26,27,30)(H,28,29,31). The van der Waals surface area contributed by atoms with E-state index in [1.54, 1.807) is 6.07 Å². The molecule has 5 aromatic rings. The van der Waals surface area contributed by atoms with Gasteiger partial charge in [0.05, 0.1) is 11.2 Å². The highest BCUT2D eigenvalue weighted by Crippen LogP contribution is 2.29. The van der Waals surface area contributed by atoms with Crippen LogP contribution >= 0.6 is 11.6 Å². The molecule has 0 saturated carbocycles. The van der Waals surface area contributed by atoms with Gasteiger partial charge >= 0.3 is 0 Å². The summed E-state index contributed by atoms with van der Waals surface area (Å²) in [5.74, 6) is 1.97. The monoisotopic (exact) mass is 459 g/mol. The minimum Gasteiger partial charge on any atom is -0.455 e. The fraction of sp³-hybridized carbons (Fsp3) is 0.0870. The first-order chi connectivity index (χ1) is 16.1. The van der Waals surface area contributed by atoms with Gasteiger partial charge in [0.15, 0.2) is 11.6 Å². The molecule has 10 heteroatoms. The number of hydrazone groups is 1. The van der Waals surface area contributed by atoms with Gasteiger partial charge in [-0.15, -0.1) is 0 Å². The van der Waals surface area contributed by atoms with Crippen LogP contribution in [0, 0.1) is 13.8 Å². The van der Waals surface area contributed by atoms with Crippen molar-refractivity contribution in [2.75, 3.05) is 10.7 Å². The predicted molar refractivity (Wildman–Crippen MR) is 127 cm³/mol. The van der Waals surface area contributed by atoms with Gasteiger partial charge in [-0.2, -0.15) is 10.1 Å². The van der Waals surface area contributed by atoms with Crippen molar-refractivity contribution in [3.05, 3.63) is 76.5 Å². The highest BCUT2D eigenvalue weighted by Gasteiger charge is 2.14. The van der Waals surface area contributed by atoms with E-state index in [1.807, 2.05) is 62.4 Å². The van der Waals surface area contributed by atoms with E-state index in [9.17, 15) is 0 Å². The Bertz CT molecular complexity index is 1470. The Balaban J connectivity index is 1.41. The second-order valence-corrected chi connectivity index (χ2v) is 7.66. The molecule has 2 N–H and O–H groups in total. The molecular weight excluding hydrogens is 442 g/mol. The highest BCUT2D eigenvalue weighted by atomic mass is 35.5. The molecule has 0 aliphatic heterocycles. The molecule has 0 saturated heterocycles. The third-order valence-corrected chi connectivity index (χ3v) is 5.43. The average molecular weight is 460 g/mol. The zero-order valence-corrected chi connectivity index (χ0v) is 18.5. The van der Waals surface area contributed by atoms with Gasteiger partial charge in [-0.1, -0.05) is 35.9 Å². The summed E-state index contributed by atoms with van der Waals surface area (Å²) in [6, 6.07) is 17.1. The lowest BCUT2D eigenvalue weighted by molar-refractivity contribution is 0.314. The maximum Gasteiger partial charge on any atom is 0.245 e. The van der Waals surface area contributed by atoms with Crippen LogP contribution in [-0.2, 0) is 0 Å². The molecule has 0 radical (unpaired) electrons. The lowest BCUT2D eigenvalue weighted by Crippen LogP contribution is -2.04. The number of aryl methyl sites for hydroxylation is 1. The van der Waals surface area contributed by atoms with E-state index in [0.717, 1.165) is 22.4 Å². The molecule has 0 atom stereocenters. The van der Waals surface area contributed by atoms with Crippen LogP contribution in [0.4, 0.5) is 17.3 Å². The summed E-state index contributed by atoms with van der Waals surface area (Å²) in [6.07, 6.45) is 1.54. The molecule has 0 fully saturated rings. The number of nitrogens with one attached hydrogen (secondary N) is 2. The first-order valence-corrected chi connectivity index (χ1v) is 10.4. The van der Waals surface area contributed by atoms with Gasteiger partial charge in [0.25, 0.3) is 0 Å². The molecule has 0 unspecified atom stereocenters. The van der Waals surface area contributed by atoms with Gasteiger partial charge in [-0.3, -0.25) is 5.43 Å². The lowest BCUT2D eigenvalue weighted by Gasteiger charge is -2.12. The molecule has 0 spiro atoms. The molecule has 0 aliphatic carbocycles. The van der Waals surface area contributed by atoms with E-state index in [-0.39, 0.29) is 11.3 Å². The normalized spacial score (nSPS) is 11.4. The third kappa shape index (κ3) is 4.26. The quantitative estimate of drug-likeness (QED) is 0.244. The molecule has 3 aromatic heterocycles. The molecule has 9 nitrogen and oxygen atoms in total. The van der Waals surface area contributed by atoms with Gasteiger partial charge in [-0.05, 0) is 65.6 Å². The minimum absolute atomic E-state index is 0.262. The molecule has 0 amide bonds. The van der Waals surface area contributed by atoms with Crippen molar-refractivity contribution < 1.29 is 9.05 Å². The summed E-state index contributed by atoms with van der Waals surface area (Å²) in [5, 5.41) is 15.7. The van der Waals surface area contributed by atoms with Crippen LogP contribution in [0.15, 0.2) is 68.7 Å².